The molecular weight excluding hydrogens is 237 g/mol. The molecule has 17 heavy (non-hydrogen) atoms. The molecule has 0 aliphatic heterocycles. The summed E-state index contributed by atoms with van der Waals surface area (Å²) in [5.74, 6) is 0.241. The van der Waals surface area contributed by atoms with Gasteiger partial charge in [-0.3, -0.25) is 0 Å². The van der Waals surface area contributed by atoms with Crippen LogP contribution in [0.4, 0.5) is 4.39 Å². The molecule has 0 saturated heterocycles. The lowest BCUT2D eigenvalue weighted by Crippen LogP contribution is -2.07. The van der Waals surface area contributed by atoms with Crippen LogP contribution >= 0.6 is 11.3 Å². The van der Waals surface area contributed by atoms with Crippen LogP contribution in [0, 0.1) is 5.82 Å². The summed E-state index contributed by atoms with van der Waals surface area (Å²) >= 11 is 1.69. The molecule has 0 bridgehead atoms. The number of thiophene rings is 1. The Bertz CT molecular complexity index is 470. The second kappa shape index (κ2) is 5.80. The average Bonchev–Trinajstić information content (AvgIpc) is 2.82. The lowest BCUT2D eigenvalue weighted by atomic mass is 10.2. The van der Waals surface area contributed by atoms with E-state index in [-0.39, 0.29) is 12.4 Å². The topological polar surface area (TPSA) is 35.2 Å². The molecule has 0 aliphatic carbocycles. The van der Waals surface area contributed by atoms with E-state index < -0.39 is 0 Å². The molecule has 4 heteroatoms. The normalized spacial score (nSPS) is 10.5. The quantitative estimate of drug-likeness (QED) is 0.886. The molecule has 0 saturated carbocycles. The minimum absolute atomic E-state index is 0.154. The molecule has 1 heterocycles. The van der Waals surface area contributed by atoms with Crippen LogP contribution in [0.25, 0.3) is 0 Å². The molecule has 0 atom stereocenters. The number of rotatable bonds is 5. The van der Waals surface area contributed by atoms with Crippen molar-refractivity contribution in [3.63, 3.8) is 0 Å². The van der Waals surface area contributed by atoms with Gasteiger partial charge < -0.3 is 10.5 Å². The molecule has 2 aromatic rings. The Hall–Kier alpha value is -1.39. The maximum atomic E-state index is 13.4. The van der Waals surface area contributed by atoms with Gasteiger partial charge in [0.1, 0.15) is 11.6 Å². The number of benzene rings is 1. The SMILES string of the molecule is NCc1c(F)cccc1OCCc1cccs1. The van der Waals surface area contributed by atoms with E-state index in [1.807, 2.05) is 11.4 Å². The Morgan fingerprint density at radius 1 is 1.24 bits per heavy atom. The van der Waals surface area contributed by atoms with Crippen LogP contribution in [-0.4, -0.2) is 6.61 Å². The molecule has 0 fully saturated rings. The molecule has 0 radical (unpaired) electrons. The van der Waals surface area contributed by atoms with Gasteiger partial charge in [-0.1, -0.05) is 12.1 Å². The van der Waals surface area contributed by atoms with Crippen LogP contribution in [-0.2, 0) is 13.0 Å². The number of hydrogen-bond donors (Lipinski definition) is 1. The fraction of sp³-hybridized carbons (Fsp3) is 0.231. The minimum Gasteiger partial charge on any atom is -0.493 e. The second-order valence-corrected chi connectivity index (χ2v) is 4.63. The number of halogens is 1. The molecule has 2 N–H and O–H groups in total. The molecule has 0 unspecified atom stereocenters. The monoisotopic (exact) mass is 251 g/mol. The molecule has 0 spiro atoms. The molecule has 2 rings (SSSR count). The Labute approximate surface area is 104 Å². The van der Waals surface area contributed by atoms with Gasteiger partial charge in [-0.25, -0.2) is 4.39 Å². The van der Waals surface area contributed by atoms with Crippen molar-refractivity contribution in [2.24, 2.45) is 5.73 Å². The van der Waals surface area contributed by atoms with Crippen molar-refractivity contribution in [2.45, 2.75) is 13.0 Å². The summed E-state index contributed by atoms with van der Waals surface area (Å²) in [6.07, 6.45) is 0.832. The third kappa shape index (κ3) is 3.05. The van der Waals surface area contributed by atoms with E-state index in [0.29, 0.717) is 17.9 Å². The smallest absolute Gasteiger partial charge is 0.131 e. The third-order valence-electron chi connectivity index (χ3n) is 2.47. The zero-order valence-corrected chi connectivity index (χ0v) is 10.2. The fourth-order valence-electron chi connectivity index (χ4n) is 1.59. The van der Waals surface area contributed by atoms with Crippen LogP contribution in [0.1, 0.15) is 10.4 Å². The first-order valence-electron chi connectivity index (χ1n) is 5.44. The van der Waals surface area contributed by atoms with Crippen LogP contribution in [0.15, 0.2) is 35.7 Å². The van der Waals surface area contributed by atoms with Crippen molar-refractivity contribution in [1.82, 2.24) is 0 Å². The number of nitrogens with two attached hydrogens (primary N) is 1. The molecule has 1 aromatic heterocycles. The molecule has 1 aromatic carbocycles. The van der Waals surface area contributed by atoms with Gasteiger partial charge in [0.25, 0.3) is 0 Å². The van der Waals surface area contributed by atoms with Gasteiger partial charge >= 0.3 is 0 Å². The van der Waals surface area contributed by atoms with E-state index in [4.69, 9.17) is 10.5 Å². The number of ether oxygens (including phenoxy) is 1. The molecule has 0 aliphatic rings. The van der Waals surface area contributed by atoms with Crippen LogP contribution < -0.4 is 10.5 Å². The molecule has 0 amide bonds. The summed E-state index contributed by atoms with van der Waals surface area (Å²) in [7, 11) is 0. The van der Waals surface area contributed by atoms with Gasteiger partial charge in [-0.2, -0.15) is 0 Å². The summed E-state index contributed by atoms with van der Waals surface area (Å²) in [5.41, 5.74) is 5.94. The number of hydrogen-bond acceptors (Lipinski definition) is 3. The summed E-state index contributed by atoms with van der Waals surface area (Å²) in [5, 5.41) is 2.03. The van der Waals surface area contributed by atoms with Crippen molar-refractivity contribution in [3.8, 4) is 5.75 Å². The largest absolute Gasteiger partial charge is 0.493 e. The Morgan fingerprint density at radius 2 is 2.12 bits per heavy atom. The average molecular weight is 251 g/mol. The highest BCUT2D eigenvalue weighted by Crippen LogP contribution is 2.21. The summed E-state index contributed by atoms with van der Waals surface area (Å²) in [6.45, 7) is 0.692. The Balaban J connectivity index is 1.97. The lowest BCUT2D eigenvalue weighted by molar-refractivity contribution is 0.317. The van der Waals surface area contributed by atoms with Crippen molar-refractivity contribution in [3.05, 3.63) is 52.0 Å². The van der Waals surface area contributed by atoms with Gasteiger partial charge in [0.2, 0.25) is 0 Å². The predicted octanol–water partition coefficient (Wildman–Crippen LogP) is 2.97. The van der Waals surface area contributed by atoms with E-state index in [1.165, 1.54) is 10.9 Å². The first kappa shape index (κ1) is 12.1. The second-order valence-electron chi connectivity index (χ2n) is 3.60. The summed E-state index contributed by atoms with van der Waals surface area (Å²) in [6, 6.07) is 8.85. The molecular formula is C13H14FNOS. The van der Waals surface area contributed by atoms with Crippen molar-refractivity contribution in [2.75, 3.05) is 6.61 Å². The first-order chi connectivity index (χ1) is 8.31. The zero-order valence-electron chi connectivity index (χ0n) is 9.36. The molecule has 90 valence electrons. The third-order valence-corrected chi connectivity index (χ3v) is 3.40. The van der Waals surface area contributed by atoms with Crippen LogP contribution in [0.5, 0.6) is 5.75 Å². The minimum atomic E-state index is -0.305. The standard InChI is InChI=1S/C13H14FNOS/c14-12-4-1-5-13(11(12)9-15)16-7-6-10-3-2-8-17-10/h1-5,8H,6-7,9,15H2. The highest BCUT2D eigenvalue weighted by atomic mass is 32.1. The van der Waals surface area contributed by atoms with Crippen LogP contribution in [0.3, 0.4) is 0 Å². The van der Waals surface area contributed by atoms with E-state index in [2.05, 4.69) is 6.07 Å². The maximum absolute atomic E-state index is 13.4. The van der Waals surface area contributed by atoms with Crippen molar-refractivity contribution in [1.29, 1.82) is 0 Å². The van der Waals surface area contributed by atoms with Crippen LogP contribution in [0.2, 0.25) is 0 Å². The van der Waals surface area contributed by atoms with Gasteiger partial charge in [0, 0.05) is 23.4 Å². The summed E-state index contributed by atoms with van der Waals surface area (Å²) < 4.78 is 19.0. The highest BCUT2D eigenvalue weighted by Gasteiger charge is 2.07. The first-order valence-corrected chi connectivity index (χ1v) is 6.32. The Morgan fingerprint density at radius 3 is 2.82 bits per heavy atom. The van der Waals surface area contributed by atoms with E-state index >= 15 is 0 Å². The summed E-state index contributed by atoms with van der Waals surface area (Å²) in [4.78, 5) is 1.26. The van der Waals surface area contributed by atoms with E-state index in [1.54, 1.807) is 23.5 Å². The van der Waals surface area contributed by atoms with Crippen molar-refractivity contribution < 1.29 is 9.13 Å². The van der Waals surface area contributed by atoms with E-state index in [0.717, 1.165) is 6.42 Å². The maximum Gasteiger partial charge on any atom is 0.131 e. The molecule has 2 nitrogen and oxygen atoms in total. The van der Waals surface area contributed by atoms with Gasteiger partial charge in [-0.05, 0) is 23.6 Å². The van der Waals surface area contributed by atoms with Gasteiger partial charge in [0.15, 0.2) is 0 Å². The Kier molecular flexibility index (Phi) is 4.12. The van der Waals surface area contributed by atoms with Gasteiger partial charge in [0.05, 0.1) is 6.61 Å². The predicted molar refractivity (Wildman–Crippen MR) is 67.8 cm³/mol. The zero-order chi connectivity index (χ0) is 12.1. The fourth-order valence-corrected chi connectivity index (χ4v) is 2.28. The van der Waals surface area contributed by atoms with Crippen molar-refractivity contribution >= 4 is 11.3 Å². The van der Waals surface area contributed by atoms with Gasteiger partial charge in [-0.15, -0.1) is 11.3 Å². The lowest BCUT2D eigenvalue weighted by Gasteiger charge is -2.10. The highest BCUT2D eigenvalue weighted by molar-refractivity contribution is 7.09. The van der Waals surface area contributed by atoms with E-state index in [9.17, 15) is 4.39 Å².